The molecule has 0 aliphatic rings. The van der Waals surface area contributed by atoms with Crippen molar-refractivity contribution in [1.29, 1.82) is 0 Å². The summed E-state index contributed by atoms with van der Waals surface area (Å²) < 4.78 is 0. The number of hydrogen-bond donors (Lipinski definition) is 3. The van der Waals surface area contributed by atoms with Crippen LogP contribution in [0.1, 0.15) is 20.7 Å². The molecular formula is C14H12N2O6. The quantitative estimate of drug-likeness (QED) is 0.582. The highest BCUT2D eigenvalue weighted by molar-refractivity contribution is 5.92. The fraction of sp³-hybridized carbons (Fsp3) is 0. The topological polar surface area (TPSA) is 144 Å². The van der Waals surface area contributed by atoms with Gasteiger partial charge in [0.2, 0.25) is 5.91 Å². The van der Waals surface area contributed by atoms with Crippen molar-refractivity contribution in [3.63, 3.8) is 0 Å². The Labute approximate surface area is 124 Å². The summed E-state index contributed by atoms with van der Waals surface area (Å²) in [7, 11) is 0. The van der Waals surface area contributed by atoms with Gasteiger partial charge in [0.15, 0.2) is 0 Å². The number of nitrogens with two attached hydrogens (primary N) is 1. The van der Waals surface area contributed by atoms with Crippen LogP contribution in [-0.2, 0) is 0 Å². The number of carboxylic acids is 1. The number of non-ortho nitro benzene ring substituents is 1. The number of carboxylic acid groups (broad SMARTS) is 1. The van der Waals surface area contributed by atoms with Crippen LogP contribution < -0.4 is 5.73 Å². The standard InChI is InChI=1S/C7H6N2O3.C7H6O3/c8-7(10)5-1-3-6(4-2-5)9(11)12;8-6-3-1-5(2-4-6)7(9)10/h1-4H,(H2,8,10);1-4,8H,(H,9,10). The van der Waals surface area contributed by atoms with E-state index in [2.05, 4.69) is 0 Å². The first kappa shape index (κ1) is 16.6. The van der Waals surface area contributed by atoms with Crippen molar-refractivity contribution in [2.45, 2.75) is 0 Å². The summed E-state index contributed by atoms with van der Waals surface area (Å²) in [5.41, 5.74) is 5.32. The second-order valence-electron chi connectivity index (χ2n) is 4.02. The molecule has 22 heavy (non-hydrogen) atoms. The van der Waals surface area contributed by atoms with E-state index in [1.54, 1.807) is 0 Å². The van der Waals surface area contributed by atoms with Crippen molar-refractivity contribution in [2.75, 3.05) is 0 Å². The SMILES string of the molecule is NC(=O)c1ccc([N+](=O)[O-])cc1.O=C(O)c1ccc(O)cc1. The van der Waals surface area contributed by atoms with E-state index in [0.717, 1.165) is 0 Å². The largest absolute Gasteiger partial charge is 0.508 e. The summed E-state index contributed by atoms with van der Waals surface area (Å²) in [5.74, 6) is -1.50. The number of nitrogens with zero attached hydrogens (tertiary/aromatic N) is 1. The van der Waals surface area contributed by atoms with E-state index in [-0.39, 0.29) is 22.6 Å². The fourth-order valence-corrected chi connectivity index (χ4v) is 1.35. The Morgan fingerprint density at radius 1 is 0.955 bits per heavy atom. The summed E-state index contributed by atoms with van der Waals surface area (Å²) >= 11 is 0. The molecule has 2 aromatic rings. The number of amides is 1. The summed E-state index contributed by atoms with van der Waals surface area (Å²) in [6.45, 7) is 0. The molecule has 0 unspecified atom stereocenters. The third-order valence-corrected chi connectivity index (χ3v) is 2.48. The van der Waals surface area contributed by atoms with E-state index in [4.69, 9.17) is 15.9 Å². The molecule has 8 heteroatoms. The maximum Gasteiger partial charge on any atom is 0.335 e. The number of phenols is 1. The Balaban J connectivity index is 0.000000224. The van der Waals surface area contributed by atoms with Crippen LogP contribution in [0, 0.1) is 10.1 Å². The van der Waals surface area contributed by atoms with Crippen LogP contribution in [0.3, 0.4) is 0 Å². The van der Waals surface area contributed by atoms with Gasteiger partial charge in [-0.25, -0.2) is 4.79 Å². The molecule has 0 atom stereocenters. The first-order chi connectivity index (χ1) is 10.3. The summed E-state index contributed by atoms with van der Waals surface area (Å²) in [5, 5.41) is 27.3. The van der Waals surface area contributed by atoms with E-state index >= 15 is 0 Å². The van der Waals surface area contributed by atoms with Gasteiger partial charge >= 0.3 is 5.97 Å². The lowest BCUT2D eigenvalue weighted by Gasteiger charge is -1.93. The maximum atomic E-state index is 10.5. The lowest BCUT2D eigenvalue weighted by Crippen LogP contribution is -2.10. The summed E-state index contributed by atoms with van der Waals surface area (Å²) in [4.78, 5) is 30.4. The van der Waals surface area contributed by atoms with Gasteiger partial charge in [0.25, 0.3) is 5.69 Å². The first-order valence-corrected chi connectivity index (χ1v) is 5.88. The van der Waals surface area contributed by atoms with Crippen LogP contribution in [0.25, 0.3) is 0 Å². The lowest BCUT2D eigenvalue weighted by atomic mass is 10.2. The Bertz CT molecular complexity index is 646. The first-order valence-electron chi connectivity index (χ1n) is 5.88. The predicted octanol–water partition coefficient (Wildman–Crippen LogP) is 1.78. The van der Waals surface area contributed by atoms with E-state index in [9.17, 15) is 19.7 Å². The zero-order valence-electron chi connectivity index (χ0n) is 11.2. The van der Waals surface area contributed by atoms with Crippen LogP contribution in [0.2, 0.25) is 0 Å². The van der Waals surface area contributed by atoms with Crippen molar-refractivity contribution in [3.8, 4) is 5.75 Å². The number of nitro benzene ring substituents is 1. The molecule has 0 aliphatic carbocycles. The number of carbonyl (C=O) groups excluding carboxylic acids is 1. The summed E-state index contributed by atoms with van der Waals surface area (Å²) in [6, 6.07) is 10.5. The normalized spacial score (nSPS) is 9.27. The Morgan fingerprint density at radius 3 is 1.77 bits per heavy atom. The van der Waals surface area contributed by atoms with Gasteiger partial charge < -0.3 is 15.9 Å². The highest BCUT2D eigenvalue weighted by atomic mass is 16.6. The molecule has 0 aromatic heterocycles. The number of aromatic hydroxyl groups is 1. The summed E-state index contributed by atoms with van der Waals surface area (Å²) in [6.07, 6.45) is 0. The number of aromatic carboxylic acids is 1. The van der Waals surface area contributed by atoms with E-state index in [1.807, 2.05) is 0 Å². The van der Waals surface area contributed by atoms with Gasteiger partial charge in [0.1, 0.15) is 5.75 Å². The van der Waals surface area contributed by atoms with E-state index in [0.29, 0.717) is 0 Å². The number of carbonyl (C=O) groups is 2. The Hall–Kier alpha value is -3.42. The van der Waals surface area contributed by atoms with Crippen LogP contribution in [-0.4, -0.2) is 27.0 Å². The van der Waals surface area contributed by atoms with Gasteiger partial charge in [-0.05, 0) is 36.4 Å². The van der Waals surface area contributed by atoms with Crippen molar-refractivity contribution in [2.24, 2.45) is 5.73 Å². The second-order valence-corrected chi connectivity index (χ2v) is 4.02. The Morgan fingerprint density at radius 2 is 1.41 bits per heavy atom. The van der Waals surface area contributed by atoms with Crippen molar-refractivity contribution in [3.05, 3.63) is 69.8 Å². The number of rotatable bonds is 3. The zero-order chi connectivity index (χ0) is 16.7. The maximum absolute atomic E-state index is 10.5. The van der Waals surface area contributed by atoms with E-state index < -0.39 is 16.8 Å². The van der Waals surface area contributed by atoms with Crippen molar-refractivity contribution in [1.82, 2.24) is 0 Å². The molecule has 4 N–H and O–H groups in total. The van der Waals surface area contributed by atoms with E-state index in [1.165, 1.54) is 48.5 Å². The Kier molecular flexibility index (Phi) is 5.58. The highest BCUT2D eigenvalue weighted by Crippen LogP contribution is 2.11. The molecule has 114 valence electrons. The molecule has 8 nitrogen and oxygen atoms in total. The molecule has 1 amide bonds. The molecule has 0 saturated heterocycles. The third kappa shape index (κ3) is 4.93. The van der Waals surface area contributed by atoms with Gasteiger partial charge in [-0.2, -0.15) is 0 Å². The van der Waals surface area contributed by atoms with Crippen LogP contribution >= 0.6 is 0 Å². The number of nitro groups is 1. The molecule has 0 bridgehead atoms. The fourth-order valence-electron chi connectivity index (χ4n) is 1.35. The third-order valence-electron chi connectivity index (χ3n) is 2.48. The number of hydrogen-bond acceptors (Lipinski definition) is 5. The van der Waals surface area contributed by atoms with Gasteiger partial charge in [-0.1, -0.05) is 0 Å². The van der Waals surface area contributed by atoms with Crippen LogP contribution in [0.4, 0.5) is 5.69 Å². The minimum absolute atomic E-state index is 0.0556. The number of benzene rings is 2. The average molecular weight is 304 g/mol. The number of primary amides is 1. The minimum atomic E-state index is -0.986. The van der Waals surface area contributed by atoms with Gasteiger partial charge in [-0.3, -0.25) is 14.9 Å². The smallest absolute Gasteiger partial charge is 0.335 e. The molecule has 0 radical (unpaired) electrons. The molecule has 0 aliphatic heterocycles. The molecule has 0 fully saturated rings. The second kappa shape index (κ2) is 7.39. The van der Waals surface area contributed by atoms with Gasteiger partial charge in [0, 0.05) is 17.7 Å². The van der Waals surface area contributed by atoms with Crippen LogP contribution in [0.5, 0.6) is 5.75 Å². The predicted molar refractivity (Wildman–Crippen MR) is 76.7 cm³/mol. The molecule has 2 rings (SSSR count). The highest BCUT2D eigenvalue weighted by Gasteiger charge is 2.05. The van der Waals surface area contributed by atoms with Gasteiger partial charge in [0.05, 0.1) is 10.5 Å². The molecule has 2 aromatic carbocycles. The number of phenolic OH excluding ortho intramolecular Hbond substituents is 1. The monoisotopic (exact) mass is 304 g/mol. The molecule has 0 heterocycles. The minimum Gasteiger partial charge on any atom is -0.508 e. The molecular weight excluding hydrogens is 292 g/mol. The van der Waals surface area contributed by atoms with Crippen molar-refractivity contribution < 1.29 is 24.7 Å². The van der Waals surface area contributed by atoms with Crippen molar-refractivity contribution >= 4 is 17.6 Å². The lowest BCUT2D eigenvalue weighted by molar-refractivity contribution is -0.384. The average Bonchev–Trinajstić information content (AvgIpc) is 2.48. The molecule has 0 spiro atoms. The van der Waals surface area contributed by atoms with Gasteiger partial charge in [-0.15, -0.1) is 0 Å². The zero-order valence-corrected chi connectivity index (χ0v) is 11.2. The van der Waals surface area contributed by atoms with Crippen LogP contribution in [0.15, 0.2) is 48.5 Å². The molecule has 0 saturated carbocycles.